The Labute approximate surface area is 735 Å². The van der Waals surface area contributed by atoms with Gasteiger partial charge in [-0.25, -0.2) is 0 Å². The van der Waals surface area contributed by atoms with Gasteiger partial charge < -0.3 is 46.8 Å². The summed E-state index contributed by atoms with van der Waals surface area (Å²) in [5.41, 5.74) is 28.1. The van der Waals surface area contributed by atoms with Crippen molar-refractivity contribution in [1.29, 1.82) is 0 Å². The molecule has 12 heteroatoms. The van der Waals surface area contributed by atoms with Gasteiger partial charge in [-0.2, -0.15) is 0 Å². The quantitative estimate of drug-likeness (QED) is 0.144. The second-order valence-electron chi connectivity index (χ2n) is 32.1. The molecule has 0 spiro atoms. The van der Waals surface area contributed by atoms with Gasteiger partial charge in [0.15, 0.2) is 11.5 Å². The zero-order valence-electron chi connectivity index (χ0n) is 68.1. The van der Waals surface area contributed by atoms with Crippen molar-refractivity contribution in [3.05, 3.63) is 455 Å². The molecule has 0 saturated carbocycles. The van der Waals surface area contributed by atoms with E-state index in [0.717, 1.165) is 62.7 Å². The monoisotopic (exact) mass is 1650 g/mol. The summed E-state index contributed by atoms with van der Waals surface area (Å²) >= 11 is 3.68. The van der Waals surface area contributed by atoms with Crippen LogP contribution in [0, 0.1) is 0 Å². The molecule has 27 rings (SSSR count). The fourth-order valence-electron chi connectivity index (χ4n) is 19.3. The van der Waals surface area contributed by atoms with Crippen molar-refractivity contribution in [2.75, 3.05) is 14.7 Å². The Balaban J connectivity index is 0.000000103. The van der Waals surface area contributed by atoms with Gasteiger partial charge in [-0.3, -0.25) is 0 Å². The number of fused-ring (bicyclic) bond motifs is 18. The van der Waals surface area contributed by atoms with Crippen LogP contribution >= 0.6 is 23.5 Å². The molecule has 3 aliphatic heterocycles. The maximum Gasteiger partial charge on any atom is 0.151 e. The lowest BCUT2D eigenvalue weighted by Gasteiger charge is -2.33. The molecule has 0 bridgehead atoms. The van der Waals surface area contributed by atoms with E-state index in [2.05, 4.69) is 473 Å². The van der Waals surface area contributed by atoms with E-state index in [1.54, 1.807) is 0 Å². The van der Waals surface area contributed by atoms with Crippen LogP contribution in [0.1, 0.15) is 0 Å². The predicted octanol–water partition coefficient (Wildman–Crippen LogP) is 31.6. The minimum absolute atomic E-state index is 0.856. The molecule has 0 atom stereocenters. The Morgan fingerprint density at radius 1 is 0.167 bits per heavy atom. The Bertz CT molecular complexity index is 7950. The molecule has 0 unspecified atom stereocenters. The van der Waals surface area contributed by atoms with Gasteiger partial charge in [-0.15, -0.1) is 0 Å². The molecular formula is C114H75N9OS2. The minimum Gasteiger partial charge on any atom is -0.453 e. The molecule has 0 N–H and O–H groups in total. The van der Waals surface area contributed by atoms with E-state index in [0.29, 0.717) is 0 Å². The first-order valence-electron chi connectivity index (χ1n) is 42.6. The summed E-state index contributed by atoms with van der Waals surface area (Å²) < 4.78 is 20.3. The van der Waals surface area contributed by atoms with Gasteiger partial charge in [0.05, 0.1) is 83.8 Å². The largest absolute Gasteiger partial charge is 0.453 e. The molecule has 126 heavy (non-hydrogen) atoms. The lowest BCUT2D eigenvalue weighted by Crippen LogP contribution is -2.15. The lowest BCUT2D eigenvalue weighted by molar-refractivity contribution is 0.477. The van der Waals surface area contributed by atoms with Gasteiger partial charge in [0.1, 0.15) is 0 Å². The molecule has 0 fully saturated rings. The van der Waals surface area contributed by atoms with Crippen molar-refractivity contribution < 1.29 is 4.74 Å². The smallest absolute Gasteiger partial charge is 0.151 e. The van der Waals surface area contributed by atoms with Crippen molar-refractivity contribution in [2.45, 2.75) is 19.6 Å². The second kappa shape index (κ2) is 29.9. The second-order valence-corrected chi connectivity index (χ2v) is 34.2. The number of benzene rings is 18. The molecule has 6 aromatic heterocycles. The van der Waals surface area contributed by atoms with Gasteiger partial charge in [-0.1, -0.05) is 212 Å². The van der Waals surface area contributed by atoms with E-state index >= 15 is 0 Å². The first-order chi connectivity index (χ1) is 62.5. The van der Waals surface area contributed by atoms with Gasteiger partial charge in [0, 0.05) is 138 Å². The number of hydrogen-bond acceptors (Lipinski definition) is 6. The molecule has 3 aliphatic rings. The van der Waals surface area contributed by atoms with Crippen LogP contribution < -0.4 is 19.4 Å². The third kappa shape index (κ3) is 12.0. The van der Waals surface area contributed by atoms with Crippen LogP contribution in [-0.4, -0.2) is 27.4 Å². The van der Waals surface area contributed by atoms with E-state index in [1.807, 2.05) is 47.8 Å². The van der Waals surface area contributed by atoms with Crippen LogP contribution in [0.2, 0.25) is 0 Å². The highest BCUT2D eigenvalue weighted by Gasteiger charge is 2.30. The summed E-state index contributed by atoms with van der Waals surface area (Å²) in [7, 11) is 0. The molecule has 9 heterocycles. The Morgan fingerprint density at radius 3 is 0.817 bits per heavy atom. The molecular weight excluding hydrogens is 1580 g/mol. The number of ether oxygens (including phenoxy) is 1. The van der Waals surface area contributed by atoms with Gasteiger partial charge in [-0.05, 0) is 249 Å². The number of hydrogen-bond donors (Lipinski definition) is 0. The first kappa shape index (κ1) is 72.7. The predicted molar refractivity (Wildman–Crippen MR) is 525 cm³/mol. The Morgan fingerprint density at radius 2 is 0.444 bits per heavy atom. The van der Waals surface area contributed by atoms with E-state index in [9.17, 15) is 0 Å². The number of aromatic nitrogens is 6. The van der Waals surface area contributed by atoms with Crippen molar-refractivity contribution in [2.24, 2.45) is 0 Å². The molecule has 0 saturated heterocycles. The summed E-state index contributed by atoms with van der Waals surface area (Å²) in [5.74, 6) is 1.71. The van der Waals surface area contributed by atoms with Crippen molar-refractivity contribution in [1.82, 2.24) is 27.4 Å². The van der Waals surface area contributed by atoms with Crippen LogP contribution in [-0.2, 0) is 0 Å². The van der Waals surface area contributed by atoms with Gasteiger partial charge >= 0.3 is 0 Å². The highest BCUT2D eigenvalue weighted by atomic mass is 32.2. The Hall–Kier alpha value is -16.1. The van der Waals surface area contributed by atoms with Crippen LogP contribution in [0.15, 0.2) is 475 Å². The standard InChI is InChI=1S/C38H25N3O.2C38H25N3S/c1-2-10-27(11-3-1)39-23-22-26-24-36-31(25-35(26)39)30-12-4-5-13-32(30)40(36)28-18-20-29(21-19-28)41-33-14-6-8-16-37(33)42-38-17-9-7-15-34(38)41;1-2-11-27(12-3-1)39-22-21-26-23-36-31(25-35(26)39)30-15-4-5-16-32(30)40(36)28-13-10-14-29(24-28)41-33-17-6-8-19-37(33)42-38-20-9-7-18-34(38)41;1-2-10-27(11-3-1)39-23-22-26-24-36-31(25-35(26)39)30-12-4-5-13-32(30)40(36)28-18-20-29(21-19-28)41-33-14-6-8-16-37(33)42-38-17-9-7-15-34(38)41/h3*1-25H. The average molecular weight is 1650 g/mol. The van der Waals surface area contributed by atoms with Crippen molar-refractivity contribution >= 4 is 173 Å². The maximum absolute atomic E-state index is 6.23. The van der Waals surface area contributed by atoms with E-state index < -0.39 is 0 Å². The maximum atomic E-state index is 6.23. The van der Waals surface area contributed by atoms with Crippen LogP contribution in [0.4, 0.5) is 51.2 Å². The molecule has 18 aromatic carbocycles. The molecule has 0 radical (unpaired) electrons. The lowest BCUT2D eigenvalue weighted by atomic mass is 10.1. The number of nitrogens with zero attached hydrogens (tertiary/aromatic N) is 9. The first-order valence-corrected chi connectivity index (χ1v) is 44.2. The van der Waals surface area contributed by atoms with E-state index in [-0.39, 0.29) is 0 Å². The summed E-state index contributed by atoms with van der Waals surface area (Å²) in [6.07, 6.45) is 6.51. The normalized spacial score (nSPS) is 12.6. The van der Waals surface area contributed by atoms with Crippen LogP contribution in [0.5, 0.6) is 11.5 Å². The Kier molecular flexibility index (Phi) is 17.2. The summed E-state index contributed by atoms with van der Waals surface area (Å²) in [4.78, 5) is 12.1. The molecule has 24 aromatic rings. The number of rotatable bonds is 9. The zero-order valence-corrected chi connectivity index (χ0v) is 69.7. The summed E-state index contributed by atoms with van der Waals surface area (Å²) in [5, 5.41) is 11.2. The topological polar surface area (TPSA) is 48.5 Å². The van der Waals surface area contributed by atoms with Crippen molar-refractivity contribution in [3.63, 3.8) is 0 Å². The van der Waals surface area contributed by atoms with Crippen LogP contribution in [0.3, 0.4) is 0 Å². The zero-order chi connectivity index (χ0) is 82.9. The third-order valence-corrected chi connectivity index (χ3v) is 27.2. The van der Waals surface area contributed by atoms with Crippen molar-refractivity contribution in [3.8, 4) is 45.6 Å². The van der Waals surface area contributed by atoms with Gasteiger partial charge in [0.2, 0.25) is 0 Å². The number of anilines is 9. The fraction of sp³-hybridized carbons (Fsp3) is 0. The highest BCUT2D eigenvalue weighted by Crippen LogP contribution is 2.55. The number of para-hydroxylation sites is 14. The molecule has 0 amide bonds. The van der Waals surface area contributed by atoms with Crippen LogP contribution in [0.25, 0.3) is 132 Å². The SMILES string of the molecule is c1ccc(-n2ccc3cc4c(cc32)c2ccccc2n4-c2ccc(N3c4ccccc4Oc4ccccc43)cc2)cc1.c1ccc(-n2ccc3cc4c(cc32)c2ccccc2n4-c2ccc(N3c4ccccc4Sc4ccccc43)cc2)cc1.c1ccc(-n2ccc3cc4c(cc32)c2ccccc2n4-c2cccc(N3c4ccccc4Sc4ccccc43)c2)cc1. The van der Waals surface area contributed by atoms with E-state index in [4.69, 9.17) is 4.74 Å². The average Bonchev–Trinajstić information content (AvgIpc) is 1.58. The summed E-state index contributed by atoms with van der Waals surface area (Å²) in [6, 6.07) is 157. The van der Waals surface area contributed by atoms with E-state index in [1.165, 1.54) is 152 Å². The molecule has 594 valence electrons. The third-order valence-electron chi connectivity index (χ3n) is 24.9. The van der Waals surface area contributed by atoms with Gasteiger partial charge in [0.25, 0.3) is 0 Å². The highest BCUT2D eigenvalue weighted by molar-refractivity contribution is 8.00. The molecule has 10 nitrogen and oxygen atoms in total. The molecule has 0 aliphatic carbocycles. The summed E-state index contributed by atoms with van der Waals surface area (Å²) in [6.45, 7) is 0. The fourth-order valence-corrected chi connectivity index (χ4v) is 21.4. The minimum atomic E-state index is 0.856.